The van der Waals surface area contributed by atoms with E-state index in [1.54, 1.807) is 18.2 Å². The number of hydrogen-bond acceptors (Lipinski definition) is 5. The summed E-state index contributed by atoms with van der Waals surface area (Å²) in [6.07, 6.45) is 0. The first kappa shape index (κ1) is 16.1. The minimum atomic E-state index is -2.97. The van der Waals surface area contributed by atoms with Crippen LogP contribution in [0, 0.1) is 0 Å². The summed E-state index contributed by atoms with van der Waals surface area (Å²) >= 11 is 5.82. The third-order valence-electron chi connectivity index (χ3n) is 3.43. The highest BCUT2D eigenvalue weighted by Crippen LogP contribution is 2.22. The number of amides is 1. The highest BCUT2D eigenvalue weighted by Gasteiger charge is 2.29. The van der Waals surface area contributed by atoms with Gasteiger partial charge in [-0.3, -0.25) is 9.69 Å². The molecule has 1 aromatic carbocycles. The molecule has 1 heterocycles. The fourth-order valence-corrected chi connectivity index (χ4v) is 4.02. The Balaban J connectivity index is 1.94. The monoisotopic (exact) mass is 331 g/mol. The summed E-state index contributed by atoms with van der Waals surface area (Å²) in [5.41, 5.74) is 6.64. The van der Waals surface area contributed by atoms with Gasteiger partial charge in [-0.25, -0.2) is 8.42 Å². The van der Waals surface area contributed by atoms with E-state index in [-0.39, 0.29) is 30.0 Å². The Morgan fingerprint density at radius 1 is 1.52 bits per heavy atom. The van der Waals surface area contributed by atoms with E-state index in [1.165, 1.54) is 0 Å². The van der Waals surface area contributed by atoms with E-state index in [4.69, 9.17) is 17.3 Å². The highest BCUT2D eigenvalue weighted by molar-refractivity contribution is 7.91. The predicted molar refractivity (Wildman–Crippen MR) is 84.2 cm³/mol. The van der Waals surface area contributed by atoms with Crippen LogP contribution >= 0.6 is 11.6 Å². The van der Waals surface area contributed by atoms with Crippen molar-refractivity contribution in [2.75, 3.05) is 35.6 Å². The average Bonchev–Trinajstić information content (AvgIpc) is 2.37. The second-order valence-electron chi connectivity index (χ2n) is 5.22. The second kappa shape index (κ2) is 6.21. The molecule has 1 aliphatic rings. The standard InChI is InChI=1S/C13H18ClN3O3S/c1-9-8-21(19,20)5-4-17(9)7-13(18)16-10-2-3-11(14)12(15)6-10/h2-3,6,9H,4-5,7-8,15H2,1H3,(H,16,18). The number of nitrogens with zero attached hydrogens (tertiary/aromatic N) is 1. The highest BCUT2D eigenvalue weighted by atomic mass is 35.5. The van der Waals surface area contributed by atoms with Crippen LogP contribution in [0.4, 0.5) is 11.4 Å². The molecule has 1 saturated heterocycles. The summed E-state index contributed by atoms with van der Waals surface area (Å²) in [5, 5.41) is 3.16. The minimum absolute atomic E-state index is 0.0914. The number of anilines is 2. The first-order valence-corrected chi connectivity index (χ1v) is 8.76. The molecule has 0 saturated carbocycles. The Kier molecular flexibility index (Phi) is 4.75. The van der Waals surface area contributed by atoms with Crippen LogP contribution in [0.25, 0.3) is 0 Å². The number of carbonyl (C=O) groups excluding carboxylic acids is 1. The third kappa shape index (κ3) is 4.33. The van der Waals surface area contributed by atoms with Crippen LogP contribution in [0.3, 0.4) is 0 Å². The molecule has 1 atom stereocenters. The van der Waals surface area contributed by atoms with E-state index in [9.17, 15) is 13.2 Å². The van der Waals surface area contributed by atoms with Gasteiger partial charge in [0.05, 0.1) is 28.8 Å². The van der Waals surface area contributed by atoms with Crippen molar-refractivity contribution < 1.29 is 13.2 Å². The van der Waals surface area contributed by atoms with E-state index >= 15 is 0 Å². The first-order valence-electron chi connectivity index (χ1n) is 6.56. The number of sulfone groups is 1. The topological polar surface area (TPSA) is 92.5 Å². The zero-order valence-corrected chi connectivity index (χ0v) is 13.2. The van der Waals surface area contributed by atoms with Gasteiger partial charge in [-0.1, -0.05) is 11.6 Å². The van der Waals surface area contributed by atoms with Crippen molar-refractivity contribution in [3.05, 3.63) is 23.2 Å². The van der Waals surface area contributed by atoms with Crippen molar-refractivity contribution in [3.8, 4) is 0 Å². The third-order valence-corrected chi connectivity index (χ3v) is 5.57. The van der Waals surface area contributed by atoms with Gasteiger partial charge in [0.25, 0.3) is 0 Å². The van der Waals surface area contributed by atoms with E-state index in [0.717, 1.165) is 0 Å². The van der Waals surface area contributed by atoms with Gasteiger partial charge in [-0.2, -0.15) is 0 Å². The lowest BCUT2D eigenvalue weighted by molar-refractivity contribution is -0.117. The maximum Gasteiger partial charge on any atom is 0.238 e. The van der Waals surface area contributed by atoms with Crippen LogP contribution in [0.5, 0.6) is 0 Å². The molecule has 1 fully saturated rings. The fraction of sp³-hybridized carbons (Fsp3) is 0.462. The minimum Gasteiger partial charge on any atom is -0.397 e. The molecule has 6 nitrogen and oxygen atoms in total. The SMILES string of the molecule is CC1CS(=O)(=O)CCN1CC(=O)Nc1ccc(Cl)c(N)c1. The fourth-order valence-electron chi connectivity index (χ4n) is 2.27. The Hall–Kier alpha value is -1.31. The molecule has 0 aromatic heterocycles. The number of carbonyl (C=O) groups is 1. The second-order valence-corrected chi connectivity index (χ2v) is 7.85. The lowest BCUT2D eigenvalue weighted by Gasteiger charge is -2.32. The van der Waals surface area contributed by atoms with Crippen molar-refractivity contribution in [3.63, 3.8) is 0 Å². The zero-order valence-electron chi connectivity index (χ0n) is 11.7. The molecular weight excluding hydrogens is 314 g/mol. The van der Waals surface area contributed by atoms with Crippen LogP contribution in [-0.4, -0.2) is 49.9 Å². The van der Waals surface area contributed by atoms with Crippen molar-refractivity contribution in [1.29, 1.82) is 0 Å². The largest absolute Gasteiger partial charge is 0.397 e. The summed E-state index contributed by atoms with van der Waals surface area (Å²) in [4.78, 5) is 13.9. The van der Waals surface area contributed by atoms with Crippen molar-refractivity contribution in [2.45, 2.75) is 13.0 Å². The molecule has 1 aromatic rings. The summed E-state index contributed by atoms with van der Waals surface area (Å²) in [7, 11) is -2.97. The lowest BCUT2D eigenvalue weighted by Crippen LogP contribution is -2.49. The van der Waals surface area contributed by atoms with Gasteiger partial charge in [0.2, 0.25) is 5.91 Å². The van der Waals surface area contributed by atoms with Crippen LogP contribution in [-0.2, 0) is 14.6 Å². The van der Waals surface area contributed by atoms with Crippen LogP contribution in [0.2, 0.25) is 5.02 Å². The number of rotatable bonds is 3. The first-order chi connectivity index (χ1) is 9.77. The number of nitrogen functional groups attached to an aromatic ring is 1. The molecule has 1 aliphatic heterocycles. The number of hydrogen-bond donors (Lipinski definition) is 2. The lowest BCUT2D eigenvalue weighted by atomic mass is 10.2. The van der Waals surface area contributed by atoms with Crippen molar-refractivity contribution >= 4 is 38.7 Å². The van der Waals surface area contributed by atoms with Crippen molar-refractivity contribution in [1.82, 2.24) is 4.90 Å². The number of nitrogens with one attached hydrogen (secondary N) is 1. The molecule has 21 heavy (non-hydrogen) atoms. The molecule has 3 N–H and O–H groups in total. The van der Waals surface area contributed by atoms with E-state index in [2.05, 4.69) is 5.32 Å². The van der Waals surface area contributed by atoms with Gasteiger partial charge in [-0.15, -0.1) is 0 Å². The molecule has 1 amide bonds. The summed E-state index contributed by atoms with van der Waals surface area (Å²) < 4.78 is 23.0. The average molecular weight is 332 g/mol. The number of halogens is 1. The maximum atomic E-state index is 12.0. The van der Waals surface area contributed by atoms with Gasteiger partial charge in [0.1, 0.15) is 0 Å². The molecular formula is C13H18ClN3O3S. The summed E-state index contributed by atoms with van der Waals surface area (Å²) in [6, 6.07) is 4.71. The van der Waals surface area contributed by atoms with Crippen LogP contribution in [0.1, 0.15) is 6.92 Å². The molecule has 2 rings (SSSR count). The Morgan fingerprint density at radius 3 is 2.86 bits per heavy atom. The molecule has 0 aliphatic carbocycles. The predicted octanol–water partition coefficient (Wildman–Crippen LogP) is 0.980. The summed E-state index contributed by atoms with van der Waals surface area (Å²) in [6.45, 7) is 2.34. The number of nitrogens with two attached hydrogens (primary N) is 1. The summed E-state index contributed by atoms with van der Waals surface area (Å²) in [5.74, 6) is -0.0185. The van der Waals surface area contributed by atoms with Gasteiger partial charge in [-0.05, 0) is 25.1 Å². The molecule has 0 bridgehead atoms. The Labute approximate surface area is 129 Å². The van der Waals surface area contributed by atoms with E-state index < -0.39 is 9.84 Å². The molecule has 0 spiro atoms. The zero-order chi connectivity index (χ0) is 15.6. The van der Waals surface area contributed by atoms with Gasteiger partial charge in [0.15, 0.2) is 9.84 Å². The van der Waals surface area contributed by atoms with Gasteiger partial charge in [0, 0.05) is 18.3 Å². The quantitative estimate of drug-likeness (QED) is 0.805. The van der Waals surface area contributed by atoms with E-state index in [0.29, 0.717) is 22.9 Å². The van der Waals surface area contributed by atoms with Gasteiger partial charge < -0.3 is 11.1 Å². The smallest absolute Gasteiger partial charge is 0.238 e. The molecule has 1 unspecified atom stereocenters. The molecule has 0 radical (unpaired) electrons. The van der Waals surface area contributed by atoms with Gasteiger partial charge >= 0.3 is 0 Å². The maximum absolute atomic E-state index is 12.0. The molecule has 8 heteroatoms. The van der Waals surface area contributed by atoms with Crippen molar-refractivity contribution in [2.24, 2.45) is 0 Å². The number of benzene rings is 1. The Morgan fingerprint density at radius 2 is 2.24 bits per heavy atom. The van der Waals surface area contributed by atoms with Crippen LogP contribution in [0.15, 0.2) is 18.2 Å². The molecule has 116 valence electrons. The normalized spacial score (nSPS) is 21.9. The Bertz CT molecular complexity index is 648. The van der Waals surface area contributed by atoms with Crippen LogP contribution < -0.4 is 11.1 Å². The van der Waals surface area contributed by atoms with E-state index in [1.807, 2.05) is 11.8 Å².